The van der Waals surface area contributed by atoms with Gasteiger partial charge in [0.1, 0.15) is 11.6 Å². The van der Waals surface area contributed by atoms with E-state index >= 15 is 0 Å². The molecule has 2 rings (SSSR count). The number of halogens is 1. The van der Waals surface area contributed by atoms with Gasteiger partial charge in [-0.3, -0.25) is 4.79 Å². The Morgan fingerprint density at radius 2 is 2.00 bits per heavy atom. The Hall–Kier alpha value is -2.40. The van der Waals surface area contributed by atoms with Gasteiger partial charge in [0, 0.05) is 18.3 Å². The van der Waals surface area contributed by atoms with Crippen LogP contribution in [-0.2, 0) is 6.54 Å². The van der Waals surface area contributed by atoms with Crippen LogP contribution in [0.4, 0.5) is 10.1 Å². The number of hydrogen-bond donors (Lipinski definition) is 3. The third-order valence-corrected chi connectivity index (χ3v) is 3.04. The van der Waals surface area contributed by atoms with Crippen LogP contribution in [0.1, 0.15) is 22.8 Å². The molecule has 0 aliphatic carbocycles. The maximum Gasteiger partial charge on any atom is 0.259 e. The summed E-state index contributed by atoms with van der Waals surface area (Å²) in [4.78, 5) is 12.2. The Morgan fingerprint density at radius 1 is 1.24 bits per heavy atom. The lowest BCUT2D eigenvalue weighted by Gasteiger charge is -2.12. The van der Waals surface area contributed by atoms with Crippen LogP contribution < -0.4 is 10.6 Å². The van der Waals surface area contributed by atoms with Crippen molar-refractivity contribution in [1.29, 1.82) is 0 Å². The van der Waals surface area contributed by atoms with Crippen LogP contribution in [0.3, 0.4) is 0 Å². The van der Waals surface area contributed by atoms with E-state index in [0.29, 0.717) is 12.2 Å². The van der Waals surface area contributed by atoms with Crippen molar-refractivity contribution in [2.45, 2.75) is 13.5 Å². The summed E-state index contributed by atoms with van der Waals surface area (Å²) >= 11 is 0. The predicted molar refractivity (Wildman–Crippen MR) is 79.8 cm³/mol. The highest BCUT2D eigenvalue weighted by Gasteiger charge is 2.13. The summed E-state index contributed by atoms with van der Waals surface area (Å²) < 4.78 is 12.9. The van der Waals surface area contributed by atoms with E-state index in [1.165, 1.54) is 6.07 Å². The quantitative estimate of drug-likeness (QED) is 0.793. The Labute approximate surface area is 122 Å². The molecule has 2 aromatic carbocycles. The SMILES string of the molecule is CCNCc1ccccc1NC(=O)c1ccc(F)cc1O. The number of para-hydroxylation sites is 1. The molecule has 0 saturated carbocycles. The van der Waals surface area contributed by atoms with Gasteiger partial charge >= 0.3 is 0 Å². The molecule has 5 heteroatoms. The van der Waals surface area contributed by atoms with Crippen molar-refractivity contribution in [2.75, 3.05) is 11.9 Å². The number of carbonyl (C=O) groups excluding carboxylic acids is 1. The monoisotopic (exact) mass is 288 g/mol. The number of hydrogen-bond acceptors (Lipinski definition) is 3. The number of aromatic hydroxyl groups is 1. The fraction of sp³-hybridized carbons (Fsp3) is 0.188. The van der Waals surface area contributed by atoms with E-state index in [1.807, 2.05) is 25.1 Å². The first-order valence-electron chi connectivity index (χ1n) is 6.70. The van der Waals surface area contributed by atoms with Gasteiger partial charge < -0.3 is 15.7 Å². The van der Waals surface area contributed by atoms with E-state index in [1.54, 1.807) is 6.07 Å². The molecule has 110 valence electrons. The van der Waals surface area contributed by atoms with Crippen molar-refractivity contribution in [3.63, 3.8) is 0 Å². The number of phenols is 1. The Bertz CT molecular complexity index is 644. The molecule has 1 amide bonds. The van der Waals surface area contributed by atoms with Crippen LogP contribution in [0.5, 0.6) is 5.75 Å². The van der Waals surface area contributed by atoms with E-state index < -0.39 is 11.7 Å². The van der Waals surface area contributed by atoms with Gasteiger partial charge in [-0.1, -0.05) is 25.1 Å². The lowest BCUT2D eigenvalue weighted by atomic mass is 10.1. The number of nitrogens with one attached hydrogen (secondary N) is 2. The number of rotatable bonds is 5. The largest absolute Gasteiger partial charge is 0.507 e. The summed E-state index contributed by atoms with van der Waals surface area (Å²) in [6.45, 7) is 3.45. The van der Waals surface area contributed by atoms with Crippen molar-refractivity contribution in [1.82, 2.24) is 5.32 Å². The lowest BCUT2D eigenvalue weighted by molar-refractivity contribution is 0.102. The van der Waals surface area contributed by atoms with E-state index in [0.717, 1.165) is 24.2 Å². The zero-order valence-electron chi connectivity index (χ0n) is 11.7. The van der Waals surface area contributed by atoms with Crippen LogP contribution in [0.15, 0.2) is 42.5 Å². The van der Waals surface area contributed by atoms with Crippen LogP contribution in [0, 0.1) is 5.82 Å². The highest BCUT2D eigenvalue weighted by molar-refractivity contribution is 6.06. The molecule has 0 aliphatic rings. The second-order valence-electron chi connectivity index (χ2n) is 4.55. The third-order valence-electron chi connectivity index (χ3n) is 3.04. The zero-order chi connectivity index (χ0) is 15.2. The molecule has 3 N–H and O–H groups in total. The van der Waals surface area contributed by atoms with Crippen molar-refractivity contribution < 1.29 is 14.3 Å². The highest BCUT2D eigenvalue weighted by Crippen LogP contribution is 2.21. The number of carbonyl (C=O) groups is 1. The van der Waals surface area contributed by atoms with Gasteiger partial charge in [-0.15, -0.1) is 0 Å². The molecule has 0 aromatic heterocycles. The average Bonchev–Trinajstić information content (AvgIpc) is 2.46. The second-order valence-corrected chi connectivity index (χ2v) is 4.55. The molecule has 0 unspecified atom stereocenters. The summed E-state index contributed by atoms with van der Waals surface area (Å²) in [5, 5.41) is 15.6. The normalized spacial score (nSPS) is 10.4. The van der Waals surface area contributed by atoms with Gasteiger partial charge in [-0.25, -0.2) is 4.39 Å². The molecule has 0 fully saturated rings. The smallest absolute Gasteiger partial charge is 0.259 e. The summed E-state index contributed by atoms with van der Waals surface area (Å²) in [6.07, 6.45) is 0. The molecule has 0 heterocycles. The first-order valence-corrected chi connectivity index (χ1v) is 6.70. The van der Waals surface area contributed by atoms with Gasteiger partial charge in [0.25, 0.3) is 5.91 Å². The maximum atomic E-state index is 12.9. The fourth-order valence-corrected chi connectivity index (χ4v) is 1.94. The van der Waals surface area contributed by atoms with Gasteiger partial charge in [0.15, 0.2) is 0 Å². The third kappa shape index (κ3) is 3.79. The number of anilines is 1. The maximum absolute atomic E-state index is 12.9. The summed E-state index contributed by atoms with van der Waals surface area (Å²) in [5.41, 5.74) is 1.64. The van der Waals surface area contributed by atoms with E-state index in [9.17, 15) is 14.3 Å². The van der Waals surface area contributed by atoms with Crippen molar-refractivity contribution in [3.05, 3.63) is 59.4 Å². The van der Waals surface area contributed by atoms with Crippen molar-refractivity contribution in [2.24, 2.45) is 0 Å². The standard InChI is InChI=1S/C16H17FN2O2/c1-2-18-10-11-5-3-4-6-14(11)19-16(21)13-8-7-12(17)9-15(13)20/h3-9,18,20H,2,10H2,1H3,(H,19,21). The lowest BCUT2D eigenvalue weighted by Crippen LogP contribution is -2.17. The molecular weight excluding hydrogens is 271 g/mol. The minimum atomic E-state index is -0.586. The molecule has 0 aliphatic heterocycles. The van der Waals surface area contributed by atoms with Gasteiger partial charge in [0.05, 0.1) is 5.56 Å². The van der Waals surface area contributed by atoms with Gasteiger partial charge in [-0.05, 0) is 30.3 Å². The Balaban J connectivity index is 2.19. The topological polar surface area (TPSA) is 61.4 Å². The second kappa shape index (κ2) is 6.85. The van der Waals surface area contributed by atoms with Crippen LogP contribution in [-0.4, -0.2) is 17.6 Å². The zero-order valence-corrected chi connectivity index (χ0v) is 11.7. The van der Waals surface area contributed by atoms with Gasteiger partial charge in [-0.2, -0.15) is 0 Å². The Kier molecular flexibility index (Phi) is 4.90. The highest BCUT2D eigenvalue weighted by atomic mass is 19.1. The molecule has 0 radical (unpaired) electrons. The van der Waals surface area contributed by atoms with Crippen LogP contribution in [0.2, 0.25) is 0 Å². The first kappa shape index (κ1) is 15.0. The molecular formula is C16H17FN2O2. The number of amides is 1. The fourth-order valence-electron chi connectivity index (χ4n) is 1.94. The number of benzene rings is 2. The van der Waals surface area contributed by atoms with E-state index in [2.05, 4.69) is 10.6 Å². The summed E-state index contributed by atoms with van der Waals surface area (Å²) in [7, 11) is 0. The molecule has 0 spiro atoms. The number of phenolic OH excluding ortho intramolecular Hbond substituents is 1. The molecule has 4 nitrogen and oxygen atoms in total. The first-order chi connectivity index (χ1) is 10.1. The molecule has 0 saturated heterocycles. The molecule has 2 aromatic rings. The van der Waals surface area contributed by atoms with E-state index in [-0.39, 0.29) is 11.3 Å². The minimum absolute atomic E-state index is 0.0367. The predicted octanol–water partition coefficient (Wildman–Crippen LogP) is 2.89. The summed E-state index contributed by atoms with van der Waals surface area (Å²) in [5.74, 6) is -1.44. The van der Waals surface area contributed by atoms with E-state index in [4.69, 9.17) is 0 Å². The van der Waals surface area contributed by atoms with Crippen LogP contribution >= 0.6 is 0 Å². The molecule has 0 bridgehead atoms. The average molecular weight is 288 g/mol. The molecule has 0 atom stereocenters. The van der Waals surface area contributed by atoms with Crippen LogP contribution in [0.25, 0.3) is 0 Å². The van der Waals surface area contributed by atoms with Crippen molar-refractivity contribution in [3.8, 4) is 5.75 Å². The van der Waals surface area contributed by atoms with Gasteiger partial charge in [0.2, 0.25) is 0 Å². The summed E-state index contributed by atoms with van der Waals surface area (Å²) in [6, 6.07) is 10.7. The minimum Gasteiger partial charge on any atom is -0.507 e. The Morgan fingerprint density at radius 3 is 2.71 bits per heavy atom. The van der Waals surface area contributed by atoms with Crippen molar-refractivity contribution >= 4 is 11.6 Å². The molecule has 21 heavy (non-hydrogen) atoms.